The minimum Gasteiger partial charge on any atom is -0.351 e. The molecule has 18 heavy (non-hydrogen) atoms. The number of rotatable bonds is 1. The number of benzene rings is 1. The van der Waals surface area contributed by atoms with Crippen LogP contribution in [0.15, 0.2) is 18.2 Å². The molecule has 1 aliphatic heterocycles. The first-order chi connectivity index (χ1) is 8.55. The molecule has 2 atom stereocenters. The second-order valence-corrected chi connectivity index (χ2v) is 5.76. The zero-order valence-corrected chi connectivity index (χ0v) is 9.80. The van der Waals surface area contributed by atoms with E-state index < -0.39 is 11.8 Å². The molecule has 1 aromatic rings. The molecule has 4 rings (SSSR count). The Labute approximate surface area is 103 Å². The molecule has 0 saturated heterocycles. The van der Waals surface area contributed by atoms with E-state index in [-0.39, 0.29) is 17.7 Å². The van der Waals surface area contributed by atoms with Crippen LogP contribution in [0, 0.1) is 0 Å². The number of alkyl halides is 2. The van der Waals surface area contributed by atoms with Crippen molar-refractivity contribution in [3.63, 3.8) is 0 Å². The molecule has 2 nitrogen and oxygen atoms in total. The summed E-state index contributed by atoms with van der Waals surface area (Å²) in [5.74, 6) is -0.102. The first-order valence-corrected chi connectivity index (χ1v) is 6.31. The van der Waals surface area contributed by atoms with E-state index in [0.717, 1.165) is 18.4 Å². The van der Waals surface area contributed by atoms with Crippen LogP contribution in [0.1, 0.15) is 40.7 Å². The summed E-state index contributed by atoms with van der Waals surface area (Å²) >= 11 is 0. The van der Waals surface area contributed by atoms with E-state index in [1.54, 1.807) is 18.2 Å². The number of halogens is 2. The van der Waals surface area contributed by atoms with Crippen molar-refractivity contribution in [3.05, 3.63) is 34.9 Å². The summed E-state index contributed by atoms with van der Waals surface area (Å²) in [7, 11) is 0. The van der Waals surface area contributed by atoms with Crippen molar-refractivity contribution in [1.82, 2.24) is 5.32 Å². The van der Waals surface area contributed by atoms with Crippen LogP contribution >= 0.6 is 0 Å². The third-order valence-corrected chi connectivity index (χ3v) is 4.57. The van der Waals surface area contributed by atoms with Gasteiger partial charge >= 0.3 is 0 Å². The monoisotopic (exact) mass is 249 g/mol. The lowest BCUT2D eigenvalue weighted by Crippen LogP contribution is -2.39. The van der Waals surface area contributed by atoms with Crippen LogP contribution < -0.4 is 5.32 Å². The number of carbonyl (C=O) groups excluding carboxylic acids is 1. The lowest BCUT2D eigenvalue weighted by molar-refractivity contribution is 0.0937. The molecule has 0 unspecified atom stereocenters. The van der Waals surface area contributed by atoms with Gasteiger partial charge in [-0.05, 0) is 30.0 Å². The van der Waals surface area contributed by atoms with Crippen molar-refractivity contribution in [1.29, 1.82) is 0 Å². The lowest BCUT2D eigenvalue weighted by Gasteiger charge is -2.26. The van der Waals surface area contributed by atoms with E-state index in [0.29, 0.717) is 17.7 Å². The normalized spacial score (nSPS) is 35.0. The zero-order valence-electron chi connectivity index (χ0n) is 9.80. The van der Waals surface area contributed by atoms with Crippen molar-refractivity contribution < 1.29 is 13.6 Å². The maximum Gasteiger partial charge on any atom is 0.251 e. The summed E-state index contributed by atoms with van der Waals surface area (Å²) in [6.07, 6.45) is 0.595. The topological polar surface area (TPSA) is 29.1 Å². The van der Waals surface area contributed by atoms with Gasteiger partial charge in [0.1, 0.15) is 6.17 Å². The Bertz CT molecular complexity index is 567. The Balaban J connectivity index is 1.85. The molecule has 1 N–H and O–H groups in total. The van der Waals surface area contributed by atoms with Gasteiger partial charge in [0, 0.05) is 23.9 Å². The third kappa shape index (κ3) is 1.18. The number of hydrogen-bond donors (Lipinski definition) is 1. The van der Waals surface area contributed by atoms with E-state index in [1.165, 1.54) is 0 Å². The summed E-state index contributed by atoms with van der Waals surface area (Å²) in [4.78, 5) is 11.8. The summed E-state index contributed by atoms with van der Waals surface area (Å²) in [6, 6.07) is 4.92. The molecule has 0 radical (unpaired) electrons. The minimum absolute atomic E-state index is 0.00366. The first-order valence-electron chi connectivity index (χ1n) is 6.31. The maximum absolute atomic E-state index is 14.1. The second-order valence-electron chi connectivity index (χ2n) is 5.76. The average Bonchev–Trinajstić information content (AvgIpc) is 3.25. The standard InChI is InChI=1S/C14H13F2NO/c15-11-6-14(11,16)8-1-2-9-10(5-8)13(3-4-13)7-17-12(9)18/h1-2,5,11H,3-4,6-7H2,(H,17,18)/t11-,14+/m0/s1. The highest BCUT2D eigenvalue weighted by molar-refractivity contribution is 5.98. The van der Waals surface area contributed by atoms with Gasteiger partial charge in [-0.15, -0.1) is 0 Å². The van der Waals surface area contributed by atoms with E-state index in [2.05, 4.69) is 5.32 Å². The second kappa shape index (κ2) is 2.92. The highest BCUT2D eigenvalue weighted by Gasteiger charge is 2.59. The van der Waals surface area contributed by atoms with E-state index >= 15 is 0 Å². The van der Waals surface area contributed by atoms with Crippen LogP contribution in [0.5, 0.6) is 0 Å². The Kier molecular flexibility index (Phi) is 1.70. The van der Waals surface area contributed by atoms with E-state index in [9.17, 15) is 13.6 Å². The van der Waals surface area contributed by atoms with Crippen molar-refractivity contribution >= 4 is 5.91 Å². The average molecular weight is 249 g/mol. The lowest BCUT2D eigenvalue weighted by atomic mass is 9.85. The van der Waals surface area contributed by atoms with Gasteiger partial charge in [0.05, 0.1) is 0 Å². The SMILES string of the molecule is O=C1NCC2(CC2)c2cc([C@]3(F)C[C@@H]3F)ccc21. The predicted molar refractivity (Wildman–Crippen MR) is 62.0 cm³/mol. The molecule has 1 heterocycles. The van der Waals surface area contributed by atoms with Crippen LogP contribution in [0.25, 0.3) is 0 Å². The fourth-order valence-corrected chi connectivity index (χ4v) is 2.98. The summed E-state index contributed by atoms with van der Waals surface area (Å²) in [6.45, 7) is 0.626. The highest BCUT2D eigenvalue weighted by atomic mass is 19.2. The molecular weight excluding hydrogens is 236 g/mol. The molecule has 2 aliphatic carbocycles. The fourth-order valence-electron chi connectivity index (χ4n) is 2.98. The number of hydrogen-bond acceptors (Lipinski definition) is 1. The number of amides is 1. The molecule has 4 heteroatoms. The molecule has 3 aliphatic rings. The molecule has 0 bridgehead atoms. The Morgan fingerprint density at radius 3 is 2.67 bits per heavy atom. The van der Waals surface area contributed by atoms with Crippen molar-refractivity contribution in [3.8, 4) is 0 Å². The minimum atomic E-state index is -1.81. The van der Waals surface area contributed by atoms with Crippen LogP contribution in [0.4, 0.5) is 8.78 Å². The molecule has 0 aromatic heterocycles. The van der Waals surface area contributed by atoms with E-state index in [1.807, 2.05) is 0 Å². The van der Waals surface area contributed by atoms with Gasteiger partial charge in [0.15, 0.2) is 5.67 Å². The molecule has 1 aromatic carbocycles. The third-order valence-electron chi connectivity index (χ3n) is 4.57. The van der Waals surface area contributed by atoms with Gasteiger partial charge in [0.25, 0.3) is 5.91 Å². The van der Waals surface area contributed by atoms with Crippen LogP contribution in [-0.2, 0) is 11.1 Å². The van der Waals surface area contributed by atoms with E-state index in [4.69, 9.17) is 0 Å². The zero-order chi connectivity index (χ0) is 12.5. The number of fused-ring (bicyclic) bond motifs is 2. The number of nitrogens with one attached hydrogen (secondary N) is 1. The van der Waals surface area contributed by atoms with Gasteiger partial charge in [-0.25, -0.2) is 8.78 Å². The largest absolute Gasteiger partial charge is 0.351 e. The van der Waals surface area contributed by atoms with Gasteiger partial charge < -0.3 is 5.32 Å². The molecule has 1 spiro atoms. The first kappa shape index (κ1) is 10.5. The van der Waals surface area contributed by atoms with Crippen molar-refractivity contribution in [2.45, 2.75) is 36.5 Å². The summed E-state index contributed by atoms with van der Waals surface area (Å²) < 4.78 is 27.2. The fraction of sp³-hybridized carbons (Fsp3) is 0.500. The van der Waals surface area contributed by atoms with Gasteiger partial charge in [0.2, 0.25) is 0 Å². The number of carbonyl (C=O) groups is 1. The van der Waals surface area contributed by atoms with Crippen LogP contribution in [-0.4, -0.2) is 18.6 Å². The van der Waals surface area contributed by atoms with Crippen molar-refractivity contribution in [2.24, 2.45) is 0 Å². The van der Waals surface area contributed by atoms with Crippen molar-refractivity contribution in [2.75, 3.05) is 6.54 Å². The highest BCUT2D eigenvalue weighted by Crippen LogP contribution is 2.55. The Morgan fingerprint density at radius 2 is 2.06 bits per heavy atom. The van der Waals surface area contributed by atoms with Crippen LogP contribution in [0.3, 0.4) is 0 Å². The Hall–Kier alpha value is -1.45. The maximum atomic E-state index is 14.1. The van der Waals surface area contributed by atoms with Gasteiger partial charge in [-0.1, -0.05) is 12.1 Å². The molecular formula is C14H13F2NO. The molecule has 2 saturated carbocycles. The quantitative estimate of drug-likeness (QED) is 0.813. The smallest absolute Gasteiger partial charge is 0.251 e. The molecule has 1 amide bonds. The molecule has 2 fully saturated rings. The summed E-state index contributed by atoms with van der Waals surface area (Å²) in [5, 5.41) is 2.87. The molecule has 94 valence electrons. The van der Waals surface area contributed by atoms with Gasteiger partial charge in [-0.3, -0.25) is 4.79 Å². The van der Waals surface area contributed by atoms with Gasteiger partial charge in [-0.2, -0.15) is 0 Å². The summed E-state index contributed by atoms with van der Waals surface area (Å²) in [5.41, 5.74) is 0.131. The Morgan fingerprint density at radius 1 is 1.33 bits per heavy atom. The predicted octanol–water partition coefficient (Wildman–Crippen LogP) is 2.37. The van der Waals surface area contributed by atoms with Crippen LogP contribution in [0.2, 0.25) is 0 Å².